The highest BCUT2D eigenvalue weighted by Gasteiger charge is 2.30. The Hall–Kier alpha value is -0.830. The van der Waals surface area contributed by atoms with Gasteiger partial charge >= 0.3 is 5.97 Å². The first-order chi connectivity index (χ1) is 9.36. The lowest BCUT2D eigenvalue weighted by atomic mass is 9.86. The predicted molar refractivity (Wildman–Crippen MR) is 81.5 cm³/mol. The summed E-state index contributed by atoms with van der Waals surface area (Å²) in [4.78, 5) is 14.5. The molecule has 0 amide bonds. The van der Waals surface area contributed by atoms with Gasteiger partial charge in [-0.2, -0.15) is 0 Å². The second kappa shape index (κ2) is 6.30. The average molecular weight is 279 g/mol. The van der Waals surface area contributed by atoms with E-state index in [9.17, 15) is 4.79 Å². The van der Waals surface area contributed by atoms with Gasteiger partial charge in [-0.1, -0.05) is 25.8 Å². The first-order valence-electron chi connectivity index (χ1n) is 7.98. The van der Waals surface area contributed by atoms with Crippen LogP contribution in [0.15, 0.2) is 12.2 Å². The van der Waals surface area contributed by atoms with Gasteiger partial charge in [-0.3, -0.25) is 9.69 Å². The lowest BCUT2D eigenvalue weighted by molar-refractivity contribution is -0.157. The van der Waals surface area contributed by atoms with Crippen LogP contribution >= 0.6 is 0 Å². The highest BCUT2D eigenvalue weighted by Crippen LogP contribution is 2.28. The Bertz CT molecular complexity index is 370. The van der Waals surface area contributed by atoms with Crippen LogP contribution < -0.4 is 0 Å². The van der Waals surface area contributed by atoms with Gasteiger partial charge < -0.3 is 4.74 Å². The summed E-state index contributed by atoms with van der Waals surface area (Å²) in [7, 11) is 0. The molecular formula is C17H29NO2. The van der Waals surface area contributed by atoms with E-state index >= 15 is 0 Å². The second-order valence-corrected chi connectivity index (χ2v) is 7.50. The van der Waals surface area contributed by atoms with E-state index in [4.69, 9.17) is 4.74 Å². The zero-order valence-corrected chi connectivity index (χ0v) is 13.4. The number of esters is 1. The molecule has 3 atom stereocenters. The molecule has 0 N–H and O–H groups in total. The molecule has 2 rings (SSSR count). The highest BCUT2D eigenvalue weighted by molar-refractivity contribution is 5.75. The predicted octanol–water partition coefficient (Wildman–Crippen LogP) is 3.39. The molecule has 0 aromatic rings. The fourth-order valence-electron chi connectivity index (χ4n) is 3.14. The molecule has 2 aliphatic rings. The zero-order chi connectivity index (χ0) is 14.8. The highest BCUT2D eigenvalue weighted by atomic mass is 16.5. The van der Waals surface area contributed by atoms with Crippen LogP contribution in [0.2, 0.25) is 0 Å². The summed E-state index contributed by atoms with van der Waals surface area (Å²) in [5, 5.41) is 0. The Balaban J connectivity index is 1.90. The van der Waals surface area contributed by atoms with Crippen molar-refractivity contribution in [2.75, 3.05) is 13.1 Å². The number of ether oxygens (including phenoxy) is 1. The van der Waals surface area contributed by atoms with E-state index in [1.165, 1.54) is 25.7 Å². The van der Waals surface area contributed by atoms with Crippen molar-refractivity contribution in [3.05, 3.63) is 12.2 Å². The van der Waals surface area contributed by atoms with Gasteiger partial charge in [-0.15, -0.1) is 0 Å². The minimum absolute atomic E-state index is 0.0762. The Morgan fingerprint density at radius 2 is 2.05 bits per heavy atom. The smallest absolute Gasteiger partial charge is 0.311 e. The molecule has 2 unspecified atom stereocenters. The number of hydrogen-bond donors (Lipinski definition) is 0. The maximum Gasteiger partial charge on any atom is 0.311 e. The van der Waals surface area contributed by atoms with Crippen molar-refractivity contribution in [3.8, 4) is 0 Å². The van der Waals surface area contributed by atoms with E-state index in [-0.39, 0.29) is 12.1 Å². The van der Waals surface area contributed by atoms with E-state index in [0.29, 0.717) is 6.04 Å². The van der Waals surface area contributed by atoms with E-state index in [1.807, 2.05) is 26.8 Å². The van der Waals surface area contributed by atoms with Crippen LogP contribution in [-0.4, -0.2) is 36.1 Å². The summed E-state index contributed by atoms with van der Waals surface area (Å²) in [5.74, 6) is 0.723. The molecule has 0 aromatic heterocycles. The molecule has 1 saturated carbocycles. The topological polar surface area (TPSA) is 29.5 Å². The molecule has 1 aliphatic carbocycles. The third-order valence-corrected chi connectivity index (χ3v) is 4.40. The number of hydrogen-bond acceptors (Lipinski definition) is 3. The SMILES string of the molecule is CC1CCCC(N2CC=C[C@@H](OC(=O)C(C)(C)C)C2)C1. The van der Waals surface area contributed by atoms with Gasteiger partial charge in [-0.05, 0) is 45.6 Å². The monoisotopic (exact) mass is 279 g/mol. The molecule has 1 fully saturated rings. The van der Waals surface area contributed by atoms with E-state index < -0.39 is 5.41 Å². The molecular weight excluding hydrogens is 250 g/mol. The van der Waals surface area contributed by atoms with Crippen LogP contribution in [0, 0.1) is 11.3 Å². The van der Waals surface area contributed by atoms with Crippen molar-refractivity contribution in [3.63, 3.8) is 0 Å². The normalized spacial score (nSPS) is 32.1. The van der Waals surface area contributed by atoms with Crippen LogP contribution in [0.1, 0.15) is 53.4 Å². The Kier molecular flexibility index (Phi) is 4.90. The quantitative estimate of drug-likeness (QED) is 0.573. The van der Waals surface area contributed by atoms with Crippen molar-refractivity contribution in [1.82, 2.24) is 4.90 Å². The molecule has 1 aliphatic heterocycles. The van der Waals surface area contributed by atoms with E-state index in [0.717, 1.165) is 19.0 Å². The van der Waals surface area contributed by atoms with Crippen LogP contribution in [0.3, 0.4) is 0 Å². The van der Waals surface area contributed by atoms with E-state index in [2.05, 4.69) is 17.9 Å². The maximum absolute atomic E-state index is 12.0. The van der Waals surface area contributed by atoms with Crippen LogP contribution in [-0.2, 0) is 9.53 Å². The number of nitrogens with zero attached hydrogens (tertiary/aromatic N) is 1. The number of carbonyl (C=O) groups excluding carboxylic acids is 1. The van der Waals surface area contributed by atoms with Gasteiger partial charge in [0.25, 0.3) is 0 Å². The summed E-state index contributed by atoms with van der Waals surface area (Å²) in [6.07, 6.45) is 9.40. The Morgan fingerprint density at radius 3 is 2.70 bits per heavy atom. The van der Waals surface area contributed by atoms with Crippen molar-refractivity contribution in [2.45, 2.75) is 65.5 Å². The summed E-state index contributed by atoms with van der Waals surface area (Å²) in [6, 6.07) is 0.666. The fourth-order valence-corrected chi connectivity index (χ4v) is 3.14. The minimum atomic E-state index is -0.421. The summed E-state index contributed by atoms with van der Waals surface area (Å²) >= 11 is 0. The molecule has 0 aromatic carbocycles. The minimum Gasteiger partial charge on any atom is -0.456 e. The molecule has 1 heterocycles. The molecule has 3 nitrogen and oxygen atoms in total. The molecule has 0 spiro atoms. The maximum atomic E-state index is 12.0. The molecule has 0 bridgehead atoms. The third-order valence-electron chi connectivity index (χ3n) is 4.40. The average Bonchev–Trinajstić information content (AvgIpc) is 2.38. The van der Waals surface area contributed by atoms with Gasteiger partial charge in [0.15, 0.2) is 0 Å². The molecule has 114 valence electrons. The van der Waals surface area contributed by atoms with Gasteiger partial charge in [0.1, 0.15) is 6.10 Å². The van der Waals surface area contributed by atoms with E-state index in [1.54, 1.807) is 0 Å². The molecule has 20 heavy (non-hydrogen) atoms. The first kappa shape index (κ1) is 15.6. The number of rotatable bonds is 2. The summed E-state index contributed by atoms with van der Waals surface area (Å²) in [6.45, 7) is 9.92. The standard InChI is InChI=1S/C17H29NO2/c1-13-7-5-8-14(11-13)18-10-6-9-15(12-18)20-16(19)17(2,3)4/h6,9,13-15H,5,7-8,10-12H2,1-4H3/t13?,14?,15-/m1/s1. The Labute approximate surface area is 123 Å². The molecule has 3 heteroatoms. The molecule has 0 radical (unpaired) electrons. The van der Waals surface area contributed by atoms with Crippen LogP contribution in [0.4, 0.5) is 0 Å². The van der Waals surface area contributed by atoms with Gasteiger partial charge in [-0.25, -0.2) is 0 Å². The Morgan fingerprint density at radius 1 is 1.30 bits per heavy atom. The second-order valence-electron chi connectivity index (χ2n) is 7.50. The van der Waals surface area contributed by atoms with Crippen LogP contribution in [0.25, 0.3) is 0 Å². The van der Waals surface area contributed by atoms with Crippen molar-refractivity contribution in [2.24, 2.45) is 11.3 Å². The molecule has 0 saturated heterocycles. The number of carbonyl (C=O) groups is 1. The van der Waals surface area contributed by atoms with Gasteiger partial charge in [0.2, 0.25) is 0 Å². The largest absolute Gasteiger partial charge is 0.456 e. The fraction of sp³-hybridized carbons (Fsp3) is 0.824. The first-order valence-corrected chi connectivity index (χ1v) is 7.98. The summed E-state index contributed by atoms with van der Waals surface area (Å²) < 4.78 is 5.64. The van der Waals surface area contributed by atoms with Crippen molar-refractivity contribution in [1.29, 1.82) is 0 Å². The summed E-state index contributed by atoms with van der Waals surface area (Å²) in [5.41, 5.74) is -0.421. The zero-order valence-electron chi connectivity index (χ0n) is 13.4. The van der Waals surface area contributed by atoms with Crippen molar-refractivity contribution >= 4 is 5.97 Å². The van der Waals surface area contributed by atoms with Gasteiger partial charge in [0, 0.05) is 19.1 Å². The van der Waals surface area contributed by atoms with Crippen LogP contribution in [0.5, 0.6) is 0 Å². The lowest BCUT2D eigenvalue weighted by Gasteiger charge is -2.39. The van der Waals surface area contributed by atoms with Gasteiger partial charge in [0.05, 0.1) is 5.41 Å². The lowest BCUT2D eigenvalue weighted by Crippen LogP contribution is -2.46. The third kappa shape index (κ3) is 4.08. The van der Waals surface area contributed by atoms with Crippen molar-refractivity contribution < 1.29 is 9.53 Å².